The predicted octanol–water partition coefficient (Wildman–Crippen LogP) is 4.11. The highest BCUT2D eigenvalue weighted by atomic mass is 32.2. The number of amides is 1. The van der Waals surface area contributed by atoms with E-state index in [0.717, 1.165) is 11.8 Å². The van der Waals surface area contributed by atoms with Gasteiger partial charge in [0.1, 0.15) is 6.29 Å². The van der Waals surface area contributed by atoms with Gasteiger partial charge in [0.25, 0.3) is 5.91 Å². The Balaban J connectivity index is 1.87. The molecule has 1 saturated heterocycles. The smallest absolute Gasteiger partial charge is 0.270 e. The molecule has 0 radical (unpaired) electrons. The fourth-order valence-corrected chi connectivity index (χ4v) is 3.66. The maximum atomic E-state index is 12.7. The van der Waals surface area contributed by atoms with Crippen LogP contribution in [0.15, 0.2) is 53.4 Å². The normalized spacial score (nSPS) is 15.7. The summed E-state index contributed by atoms with van der Waals surface area (Å²) in [6.45, 7) is 1.49. The summed E-state index contributed by atoms with van der Waals surface area (Å²) in [5.41, 5.74) is 2.61. The lowest BCUT2D eigenvalue weighted by Crippen LogP contribution is -2.27. The van der Waals surface area contributed by atoms with E-state index in [2.05, 4.69) is 0 Å². The summed E-state index contributed by atoms with van der Waals surface area (Å²) in [7, 11) is 0. The van der Waals surface area contributed by atoms with Crippen LogP contribution in [0.25, 0.3) is 6.08 Å². The molecule has 2 aromatic carbocycles. The van der Waals surface area contributed by atoms with Crippen LogP contribution in [0.5, 0.6) is 0 Å². The van der Waals surface area contributed by atoms with E-state index >= 15 is 0 Å². The van der Waals surface area contributed by atoms with Crippen LogP contribution in [0, 0.1) is 0 Å². The van der Waals surface area contributed by atoms with Crippen molar-refractivity contribution in [1.29, 1.82) is 0 Å². The minimum atomic E-state index is -0.204. The van der Waals surface area contributed by atoms with Gasteiger partial charge in [-0.2, -0.15) is 0 Å². The van der Waals surface area contributed by atoms with Gasteiger partial charge in [0, 0.05) is 11.1 Å². The minimum Gasteiger partial charge on any atom is -0.298 e. The van der Waals surface area contributed by atoms with Crippen LogP contribution >= 0.6 is 24.0 Å². The molecule has 25 heavy (non-hydrogen) atoms. The van der Waals surface area contributed by atoms with Crippen LogP contribution < -0.4 is 4.90 Å². The third kappa shape index (κ3) is 3.60. The number of hydrogen-bond acceptors (Lipinski definition) is 5. The Labute approximate surface area is 154 Å². The summed E-state index contributed by atoms with van der Waals surface area (Å²) in [4.78, 5) is 36.7. The van der Waals surface area contributed by atoms with Crippen molar-refractivity contribution in [2.45, 2.75) is 6.92 Å². The Hall–Kier alpha value is -2.57. The zero-order valence-corrected chi connectivity index (χ0v) is 14.9. The molecule has 1 amide bonds. The number of nitrogens with zero attached hydrogens (tertiary/aromatic N) is 1. The number of thioether (sulfide) groups is 1. The predicted molar refractivity (Wildman–Crippen MR) is 104 cm³/mol. The fourth-order valence-electron chi connectivity index (χ4n) is 2.36. The van der Waals surface area contributed by atoms with Crippen molar-refractivity contribution in [3.8, 4) is 0 Å². The van der Waals surface area contributed by atoms with Gasteiger partial charge in [0.05, 0.1) is 10.6 Å². The lowest BCUT2D eigenvalue weighted by molar-refractivity contribution is -0.113. The highest BCUT2D eigenvalue weighted by Gasteiger charge is 2.33. The number of ketones is 1. The lowest BCUT2D eigenvalue weighted by atomic mass is 10.1. The van der Waals surface area contributed by atoms with E-state index in [0.29, 0.717) is 26.0 Å². The first kappa shape index (κ1) is 17.3. The Morgan fingerprint density at radius 1 is 1.04 bits per heavy atom. The number of anilines is 1. The van der Waals surface area contributed by atoms with Gasteiger partial charge in [0.2, 0.25) is 0 Å². The number of aldehydes is 1. The number of rotatable bonds is 4. The molecule has 1 fully saturated rings. The van der Waals surface area contributed by atoms with Crippen LogP contribution in [0.1, 0.15) is 33.2 Å². The zero-order valence-electron chi connectivity index (χ0n) is 13.3. The molecule has 1 aliphatic rings. The Kier molecular flexibility index (Phi) is 4.92. The second-order valence-corrected chi connectivity index (χ2v) is 7.08. The first-order valence-electron chi connectivity index (χ1n) is 7.44. The van der Waals surface area contributed by atoms with Crippen molar-refractivity contribution in [3.05, 3.63) is 70.1 Å². The second-order valence-electron chi connectivity index (χ2n) is 5.40. The molecule has 0 aromatic heterocycles. The van der Waals surface area contributed by atoms with Crippen molar-refractivity contribution in [2.24, 2.45) is 0 Å². The fraction of sp³-hybridized carbons (Fsp3) is 0.0526. The van der Waals surface area contributed by atoms with Crippen LogP contribution in [-0.2, 0) is 4.79 Å². The number of thiocarbonyl (C=S) groups is 1. The summed E-state index contributed by atoms with van der Waals surface area (Å²) in [6.07, 6.45) is 2.52. The van der Waals surface area contributed by atoms with E-state index in [-0.39, 0.29) is 11.7 Å². The summed E-state index contributed by atoms with van der Waals surface area (Å²) in [5.74, 6) is -0.236. The topological polar surface area (TPSA) is 54.5 Å². The number of benzene rings is 2. The molecular formula is C19H13NO3S2. The highest BCUT2D eigenvalue weighted by molar-refractivity contribution is 8.27. The third-order valence-corrected chi connectivity index (χ3v) is 5.00. The molecule has 0 aliphatic carbocycles. The molecule has 1 heterocycles. The highest BCUT2D eigenvalue weighted by Crippen LogP contribution is 2.36. The Morgan fingerprint density at radius 2 is 1.64 bits per heavy atom. The maximum Gasteiger partial charge on any atom is 0.270 e. The molecule has 124 valence electrons. The van der Waals surface area contributed by atoms with Crippen LogP contribution in [0.4, 0.5) is 5.69 Å². The Morgan fingerprint density at radius 3 is 2.20 bits per heavy atom. The van der Waals surface area contributed by atoms with Gasteiger partial charge in [-0.1, -0.05) is 48.2 Å². The molecule has 0 spiro atoms. The van der Waals surface area contributed by atoms with Crippen molar-refractivity contribution in [2.75, 3.05) is 4.90 Å². The average molecular weight is 367 g/mol. The van der Waals surface area contributed by atoms with E-state index in [1.165, 1.54) is 23.6 Å². The SMILES string of the molecule is CC(=O)c1ccc(N2C(=O)/C(=C\c3ccc(C=O)cc3)SC2=S)cc1. The number of carbonyl (C=O) groups is 3. The molecule has 0 N–H and O–H groups in total. The quantitative estimate of drug-likeness (QED) is 0.352. The van der Waals surface area contributed by atoms with Crippen molar-refractivity contribution >= 4 is 58.0 Å². The van der Waals surface area contributed by atoms with Gasteiger partial charge >= 0.3 is 0 Å². The van der Waals surface area contributed by atoms with Crippen molar-refractivity contribution < 1.29 is 14.4 Å². The first-order chi connectivity index (χ1) is 12.0. The van der Waals surface area contributed by atoms with E-state index < -0.39 is 0 Å². The van der Waals surface area contributed by atoms with E-state index in [1.807, 2.05) is 0 Å². The van der Waals surface area contributed by atoms with E-state index in [4.69, 9.17) is 12.2 Å². The molecule has 0 atom stereocenters. The van der Waals surface area contributed by atoms with Crippen LogP contribution in [-0.4, -0.2) is 22.3 Å². The third-order valence-electron chi connectivity index (χ3n) is 3.70. The number of carbonyl (C=O) groups excluding carboxylic acids is 3. The summed E-state index contributed by atoms with van der Waals surface area (Å²) < 4.78 is 0.441. The summed E-state index contributed by atoms with van der Waals surface area (Å²) >= 11 is 6.56. The van der Waals surface area contributed by atoms with Gasteiger partial charge < -0.3 is 0 Å². The molecule has 1 aliphatic heterocycles. The van der Waals surface area contributed by atoms with Gasteiger partial charge in [-0.3, -0.25) is 19.3 Å². The first-order valence-corrected chi connectivity index (χ1v) is 8.66. The van der Waals surface area contributed by atoms with Gasteiger partial charge in [0.15, 0.2) is 10.1 Å². The second kappa shape index (κ2) is 7.13. The van der Waals surface area contributed by atoms with E-state index in [1.54, 1.807) is 54.6 Å². The molecule has 0 saturated carbocycles. The lowest BCUT2D eigenvalue weighted by Gasteiger charge is -2.14. The molecule has 6 heteroatoms. The Bertz CT molecular complexity index is 899. The molecule has 0 bridgehead atoms. The van der Waals surface area contributed by atoms with Crippen LogP contribution in [0.3, 0.4) is 0 Å². The molecule has 4 nitrogen and oxygen atoms in total. The largest absolute Gasteiger partial charge is 0.298 e. The minimum absolute atomic E-state index is 0.0318. The monoisotopic (exact) mass is 367 g/mol. The summed E-state index contributed by atoms with van der Waals surface area (Å²) in [6, 6.07) is 13.7. The van der Waals surface area contributed by atoms with E-state index in [9.17, 15) is 14.4 Å². The molecular weight excluding hydrogens is 354 g/mol. The van der Waals surface area contributed by atoms with Crippen LogP contribution in [0.2, 0.25) is 0 Å². The average Bonchev–Trinajstić information content (AvgIpc) is 2.89. The molecule has 3 rings (SSSR count). The molecule has 0 unspecified atom stereocenters. The number of hydrogen-bond donors (Lipinski definition) is 0. The van der Waals surface area contributed by atoms with Gasteiger partial charge in [-0.15, -0.1) is 0 Å². The van der Waals surface area contributed by atoms with Crippen molar-refractivity contribution in [3.63, 3.8) is 0 Å². The zero-order chi connectivity index (χ0) is 18.0. The summed E-state index contributed by atoms with van der Waals surface area (Å²) in [5, 5.41) is 0. The maximum absolute atomic E-state index is 12.7. The molecule has 2 aromatic rings. The van der Waals surface area contributed by atoms with Gasteiger partial charge in [-0.25, -0.2) is 0 Å². The number of Topliss-reactive ketones (excluding diaryl/α,β-unsaturated/α-hetero) is 1. The van der Waals surface area contributed by atoms with Crippen molar-refractivity contribution in [1.82, 2.24) is 0 Å². The standard InChI is InChI=1S/C19H13NO3S2/c1-12(22)15-6-8-16(9-7-15)20-18(23)17(25-19(20)24)10-13-2-4-14(11-21)5-3-13/h2-11H,1H3/b17-10+. The van der Waals surface area contributed by atoms with Gasteiger partial charge in [-0.05, 0) is 42.8 Å².